The van der Waals surface area contributed by atoms with Gasteiger partial charge in [0, 0.05) is 12.7 Å². The van der Waals surface area contributed by atoms with E-state index in [1.165, 1.54) is 12.3 Å². The molecule has 0 aliphatic rings. The average Bonchev–Trinajstić information content (AvgIpc) is 2.31. The number of alkyl halides is 3. The van der Waals surface area contributed by atoms with Gasteiger partial charge in [-0.15, -0.1) is 12.4 Å². The minimum atomic E-state index is -4.24. The van der Waals surface area contributed by atoms with E-state index in [1.54, 1.807) is 0 Å². The van der Waals surface area contributed by atoms with Crippen molar-refractivity contribution >= 4 is 12.4 Å². The molecule has 0 aromatic carbocycles. The third-order valence-corrected chi connectivity index (χ3v) is 1.34. The molecule has 1 rings (SSSR count). The molecule has 0 bridgehead atoms. The van der Waals surface area contributed by atoms with Crippen LogP contribution in [0.25, 0.3) is 0 Å². The van der Waals surface area contributed by atoms with Crippen LogP contribution < -0.4 is 5.73 Å². The Hall–Kier alpha value is -0.750. The van der Waals surface area contributed by atoms with Crippen LogP contribution in [-0.4, -0.2) is 16.0 Å². The lowest BCUT2D eigenvalue weighted by Gasteiger charge is -2.08. The van der Waals surface area contributed by atoms with E-state index in [0.717, 1.165) is 4.68 Å². The summed E-state index contributed by atoms with van der Waals surface area (Å²) in [6.45, 7) is -1.01. The summed E-state index contributed by atoms with van der Waals surface area (Å²) < 4.78 is 36.3. The summed E-state index contributed by atoms with van der Waals surface area (Å²) in [7, 11) is 0. The minimum absolute atomic E-state index is 0. The van der Waals surface area contributed by atoms with Crippen LogP contribution in [0.1, 0.15) is 5.69 Å². The van der Waals surface area contributed by atoms with E-state index in [2.05, 4.69) is 5.10 Å². The van der Waals surface area contributed by atoms with Gasteiger partial charge in [0.15, 0.2) is 0 Å². The Balaban J connectivity index is 0.00000144. The van der Waals surface area contributed by atoms with Crippen LogP contribution >= 0.6 is 12.4 Å². The summed E-state index contributed by atoms with van der Waals surface area (Å²) in [5.41, 5.74) is 5.57. The van der Waals surface area contributed by atoms with Gasteiger partial charge in [0.05, 0.1) is 5.69 Å². The van der Waals surface area contributed by atoms with Crippen molar-refractivity contribution in [1.82, 2.24) is 9.78 Å². The normalized spacial score (nSPS) is 11.1. The van der Waals surface area contributed by atoms with Crippen LogP contribution in [0.2, 0.25) is 0 Å². The molecular weight excluding hydrogens is 207 g/mol. The van der Waals surface area contributed by atoms with E-state index in [4.69, 9.17) is 5.73 Å². The molecule has 7 heteroatoms. The molecule has 1 heterocycles. The quantitative estimate of drug-likeness (QED) is 0.809. The van der Waals surface area contributed by atoms with Gasteiger partial charge in [-0.3, -0.25) is 4.68 Å². The Kier molecular flexibility index (Phi) is 4.22. The number of nitrogens with two attached hydrogens (primary N) is 1. The van der Waals surface area contributed by atoms with Crippen LogP contribution in [-0.2, 0) is 13.1 Å². The van der Waals surface area contributed by atoms with Crippen molar-refractivity contribution in [2.45, 2.75) is 19.3 Å². The molecule has 0 radical (unpaired) electrons. The highest BCUT2D eigenvalue weighted by Crippen LogP contribution is 2.17. The number of halogens is 4. The van der Waals surface area contributed by atoms with Gasteiger partial charge in [-0.05, 0) is 6.07 Å². The summed E-state index contributed by atoms with van der Waals surface area (Å²) in [6.07, 6.45) is -2.94. The molecule has 0 spiro atoms. The molecule has 0 saturated heterocycles. The average molecular weight is 216 g/mol. The standard InChI is InChI=1S/C6H8F3N3.ClH/c7-6(8,9)4-12-5(3-10)1-2-11-12;/h1-2H,3-4,10H2;1H. The molecule has 0 aliphatic heterocycles. The Morgan fingerprint density at radius 3 is 2.54 bits per heavy atom. The van der Waals surface area contributed by atoms with Crippen molar-refractivity contribution in [2.24, 2.45) is 5.73 Å². The first-order chi connectivity index (χ1) is 5.53. The van der Waals surface area contributed by atoms with Crippen molar-refractivity contribution in [3.8, 4) is 0 Å². The molecule has 0 saturated carbocycles. The maximum Gasteiger partial charge on any atom is 0.408 e. The number of nitrogens with zero attached hydrogens (tertiary/aromatic N) is 2. The lowest BCUT2D eigenvalue weighted by molar-refractivity contribution is -0.143. The SMILES string of the molecule is Cl.NCc1ccnn1CC(F)(F)F. The Bertz CT molecular complexity index is 258. The van der Waals surface area contributed by atoms with Crippen LogP contribution in [0.3, 0.4) is 0 Å². The summed E-state index contributed by atoms with van der Waals surface area (Å²) in [5.74, 6) is 0. The number of hydrogen-bond donors (Lipinski definition) is 1. The zero-order valence-corrected chi connectivity index (χ0v) is 7.40. The van der Waals surface area contributed by atoms with Crippen molar-refractivity contribution in [3.05, 3.63) is 18.0 Å². The number of aromatic nitrogens is 2. The van der Waals surface area contributed by atoms with E-state index in [1.807, 2.05) is 0 Å². The van der Waals surface area contributed by atoms with Gasteiger partial charge >= 0.3 is 6.18 Å². The molecule has 0 aliphatic carbocycles. The summed E-state index contributed by atoms with van der Waals surface area (Å²) in [5, 5.41) is 3.49. The first-order valence-corrected chi connectivity index (χ1v) is 3.30. The molecular formula is C6H9ClF3N3. The zero-order chi connectivity index (χ0) is 9.19. The lowest BCUT2D eigenvalue weighted by Crippen LogP contribution is -2.21. The molecule has 13 heavy (non-hydrogen) atoms. The van der Waals surface area contributed by atoms with Gasteiger partial charge in [0.1, 0.15) is 6.54 Å². The van der Waals surface area contributed by atoms with Crippen molar-refractivity contribution in [2.75, 3.05) is 0 Å². The molecule has 1 aromatic heterocycles. The Labute approximate surface area is 79.1 Å². The molecule has 2 N–H and O–H groups in total. The highest BCUT2D eigenvalue weighted by Gasteiger charge is 2.28. The predicted octanol–water partition coefficient (Wildman–Crippen LogP) is 1.33. The Morgan fingerprint density at radius 2 is 2.08 bits per heavy atom. The van der Waals surface area contributed by atoms with Gasteiger partial charge in [0.25, 0.3) is 0 Å². The highest BCUT2D eigenvalue weighted by atomic mass is 35.5. The number of hydrogen-bond acceptors (Lipinski definition) is 2. The van der Waals surface area contributed by atoms with Crippen molar-refractivity contribution < 1.29 is 13.2 Å². The van der Waals surface area contributed by atoms with E-state index >= 15 is 0 Å². The smallest absolute Gasteiger partial charge is 0.325 e. The van der Waals surface area contributed by atoms with E-state index in [-0.39, 0.29) is 19.0 Å². The predicted molar refractivity (Wildman–Crippen MR) is 43.4 cm³/mol. The second-order valence-electron chi connectivity index (χ2n) is 2.30. The van der Waals surface area contributed by atoms with Crippen molar-refractivity contribution in [1.29, 1.82) is 0 Å². The first kappa shape index (κ1) is 12.2. The van der Waals surface area contributed by atoms with Gasteiger partial charge < -0.3 is 5.73 Å². The molecule has 3 nitrogen and oxygen atoms in total. The Morgan fingerprint density at radius 1 is 1.46 bits per heavy atom. The fourth-order valence-electron chi connectivity index (χ4n) is 0.846. The van der Waals surface area contributed by atoms with Crippen LogP contribution in [0.4, 0.5) is 13.2 Å². The number of rotatable bonds is 2. The largest absolute Gasteiger partial charge is 0.408 e. The minimum Gasteiger partial charge on any atom is -0.325 e. The fourth-order valence-corrected chi connectivity index (χ4v) is 0.846. The molecule has 0 unspecified atom stereocenters. The molecule has 0 fully saturated rings. The van der Waals surface area contributed by atoms with Crippen LogP contribution in [0.15, 0.2) is 12.3 Å². The van der Waals surface area contributed by atoms with Gasteiger partial charge in [0.2, 0.25) is 0 Å². The van der Waals surface area contributed by atoms with E-state index < -0.39 is 12.7 Å². The van der Waals surface area contributed by atoms with Crippen molar-refractivity contribution in [3.63, 3.8) is 0 Å². The molecule has 1 aromatic rings. The maximum absolute atomic E-state index is 11.8. The fraction of sp³-hybridized carbons (Fsp3) is 0.500. The second kappa shape index (κ2) is 4.48. The third kappa shape index (κ3) is 3.65. The van der Waals surface area contributed by atoms with E-state index in [0.29, 0.717) is 5.69 Å². The van der Waals surface area contributed by atoms with Gasteiger partial charge in [-0.2, -0.15) is 18.3 Å². The monoisotopic (exact) mass is 215 g/mol. The highest BCUT2D eigenvalue weighted by molar-refractivity contribution is 5.85. The van der Waals surface area contributed by atoms with Gasteiger partial charge in [-0.25, -0.2) is 0 Å². The van der Waals surface area contributed by atoms with Gasteiger partial charge in [-0.1, -0.05) is 0 Å². The summed E-state index contributed by atoms with van der Waals surface area (Å²) in [6, 6.07) is 1.46. The zero-order valence-electron chi connectivity index (χ0n) is 6.58. The molecule has 76 valence electrons. The topological polar surface area (TPSA) is 43.8 Å². The second-order valence-corrected chi connectivity index (χ2v) is 2.30. The van der Waals surface area contributed by atoms with Crippen LogP contribution in [0, 0.1) is 0 Å². The maximum atomic E-state index is 11.8. The summed E-state index contributed by atoms with van der Waals surface area (Å²) in [4.78, 5) is 0. The summed E-state index contributed by atoms with van der Waals surface area (Å²) >= 11 is 0. The molecule has 0 atom stereocenters. The first-order valence-electron chi connectivity index (χ1n) is 3.30. The molecule has 0 amide bonds. The lowest BCUT2D eigenvalue weighted by atomic mass is 10.4. The van der Waals surface area contributed by atoms with Crippen LogP contribution in [0.5, 0.6) is 0 Å². The third-order valence-electron chi connectivity index (χ3n) is 1.34. The van der Waals surface area contributed by atoms with E-state index in [9.17, 15) is 13.2 Å².